The standard InChI is InChI=1S/C21H23N5O3/c1-4-13(2)22-20(28)18-17-10-5-6-11-26(17)19(25-18)21(29)24-16-9-7-8-15(12-16)23-14(3)27/h5-13H,4H2,1-3H3,(H,22,28)(H,23,27)(H,24,29). The maximum Gasteiger partial charge on any atom is 0.292 e. The highest BCUT2D eigenvalue weighted by atomic mass is 16.2. The maximum atomic E-state index is 12.9. The molecule has 0 fully saturated rings. The number of imidazole rings is 1. The van der Waals surface area contributed by atoms with Crippen molar-refractivity contribution in [1.29, 1.82) is 0 Å². The lowest BCUT2D eigenvalue weighted by molar-refractivity contribution is -0.114. The summed E-state index contributed by atoms with van der Waals surface area (Å²) in [7, 11) is 0. The molecule has 0 aliphatic heterocycles. The predicted molar refractivity (Wildman–Crippen MR) is 111 cm³/mol. The van der Waals surface area contributed by atoms with Gasteiger partial charge in [0.05, 0.1) is 5.52 Å². The number of amides is 3. The van der Waals surface area contributed by atoms with E-state index in [0.29, 0.717) is 16.9 Å². The maximum absolute atomic E-state index is 12.9. The zero-order valence-electron chi connectivity index (χ0n) is 16.5. The molecule has 0 spiro atoms. The zero-order valence-corrected chi connectivity index (χ0v) is 16.5. The fourth-order valence-electron chi connectivity index (χ4n) is 2.82. The van der Waals surface area contributed by atoms with Crippen LogP contribution >= 0.6 is 0 Å². The van der Waals surface area contributed by atoms with Crippen LogP contribution in [0.3, 0.4) is 0 Å². The van der Waals surface area contributed by atoms with Crippen molar-refractivity contribution in [1.82, 2.24) is 14.7 Å². The molecule has 0 radical (unpaired) electrons. The van der Waals surface area contributed by atoms with Crippen LogP contribution in [0.4, 0.5) is 11.4 Å². The fraction of sp³-hybridized carbons (Fsp3) is 0.238. The Bertz CT molecular complexity index is 1070. The number of benzene rings is 1. The molecule has 0 saturated heterocycles. The van der Waals surface area contributed by atoms with Gasteiger partial charge in [0.2, 0.25) is 11.7 Å². The van der Waals surface area contributed by atoms with Gasteiger partial charge in [-0.05, 0) is 43.7 Å². The second-order valence-electron chi connectivity index (χ2n) is 6.74. The number of anilines is 2. The first-order valence-electron chi connectivity index (χ1n) is 9.36. The number of fused-ring (bicyclic) bond motifs is 1. The summed E-state index contributed by atoms with van der Waals surface area (Å²) in [5.74, 6) is -0.895. The smallest absolute Gasteiger partial charge is 0.292 e. The highest BCUT2D eigenvalue weighted by molar-refractivity contribution is 6.06. The van der Waals surface area contributed by atoms with Crippen LogP contribution in [0, 0.1) is 0 Å². The van der Waals surface area contributed by atoms with Crippen molar-refractivity contribution in [2.45, 2.75) is 33.2 Å². The molecule has 2 heterocycles. The summed E-state index contributed by atoms with van der Waals surface area (Å²) in [6.45, 7) is 5.30. The Labute approximate surface area is 168 Å². The van der Waals surface area contributed by atoms with Gasteiger partial charge in [-0.1, -0.05) is 19.1 Å². The molecule has 0 aliphatic carbocycles. The van der Waals surface area contributed by atoms with Gasteiger partial charge >= 0.3 is 0 Å². The molecule has 0 bridgehead atoms. The quantitative estimate of drug-likeness (QED) is 0.598. The summed E-state index contributed by atoms with van der Waals surface area (Å²) in [4.78, 5) is 41.0. The topological polar surface area (TPSA) is 105 Å². The molecule has 1 atom stereocenters. The van der Waals surface area contributed by atoms with Crippen molar-refractivity contribution in [2.24, 2.45) is 0 Å². The van der Waals surface area contributed by atoms with E-state index in [4.69, 9.17) is 0 Å². The number of aromatic nitrogens is 2. The summed E-state index contributed by atoms with van der Waals surface area (Å²) in [5, 5.41) is 8.31. The number of rotatable bonds is 6. The van der Waals surface area contributed by atoms with Crippen LogP contribution in [-0.2, 0) is 4.79 Å². The second kappa shape index (κ2) is 8.55. The number of carbonyl (C=O) groups excluding carboxylic acids is 3. The Kier molecular flexibility index (Phi) is 5.92. The molecule has 3 rings (SSSR count). The van der Waals surface area contributed by atoms with Crippen LogP contribution < -0.4 is 16.0 Å². The molecule has 8 heteroatoms. The molecule has 0 saturated carbocycles. The fourth-order valence-corrected chi connectivity index (χ4v) is 2.82. The Morgan fingerprint density at radius 2 is 1.76 bits per heavy atom. The van der Waals surface area contributed by atoms with E-state index in [1.165, 1.54) is 6.92 Å². The lowest BCUT2D eigenvalue weighted by atomic mass is 10.2. The molecule has 1 unspecified atom stereocenters. The van der Waals surface area contributed by atoms with Gasteiger partial charge in [0, 0.05) is 30.5 Å². The van der Waals surface area contributed by atoms with E-state index in [-0.39, 0.29) is 29.4 Å². The minimum absolute atomic E-state index is 0.00300. The van der Waals surface area contributed by atoms with Crippen molar-refractivity contribution in [3.63, 3.8) is 0 Å². The number of pyridine rings is 1. The highest BCUT2D eigenvalue weighted by Gasteiger charge is 2.22. The summed E-state index contributed by atoms with van der Waals surface area (Å²) in [5.41, 5.74) is 1.81. The third kappa shape index (κ3) is 4.60. The summed E-state index contributed by atoms with van der Waals surface area (Å²) >= 11 is 0. The van der Waals surface area contributed by atoms with Crippen LogP contribution in [0.15, 0.2) is 48.7 Å². The van der Waals surface area contributed by atoms with Gasteiger partial charge in [0.25, 0.3) is 11.8 Å². The van der Waals surface area contributed by atoms with Crippen molar-refractivity contribution < 1.29 is 14.4 Å². The third-order valence-corrected chi connectivity index (χ3v) is 4.40. The van der Waals surface area contributed by atoms with E-state index in [2.05, 4.69) is 20.9 Å². The molecular formula is C21H23N5O3. The number of carbonyl (C=O) groups is 3. The Hall–Kier alpha value is -3.68. The molecule has 2 aromatic heterocycles. The SMILES string of the molecule is CCC(C)NC(=O)c1nc(C(=O)Nc2cccc(NC(C)=O)c2)n2ccccc12. The van der Waals surface area contributed by atoms with Crippen molar-refractivity contribution in [3.05, 3.63) is 60.2 Å². The monoisotopic (exact) mass is 393 g/mol. The van der Waals surface area contributed by atoms with E-state index in [1.807, 2.05) is 13.8 Å². The van der Waals surface area contributed by atoms with Gasteiger partial charge in [-0.25, -0.2) is 4.98 Å². The van der Waals surface area contributed by atoms with E-state index in [0.717, 1.165) is 6.42 Å². The van der Waals surface area contributed by atoms with Crippen LogP contribution in [0.1, 0.15) is 48.3 Å². The average molecular weight is 393 g/mol. The first-order chi connectivity index (χ1) is 13.9. The Morgan fingerprint density at radius 3 is 2.45 bits per heavy atom. The number of nitrogens with one attached hydrogen (secondary N) is 3. The van der Waals surface area contributed by atoms with Gasteiger partial charge in [-0.15, -0.1) is 0 Å². The third-order valence-electron chi connectivity index (χ3n) is 4.40. The van der Waals surface area contributed by atoms with Crippen molar-refractivity contribution in [2.75, 3.05) is 10.6 Å². The predicted octanol–water partition coefficient (Wildman–Crippen LogP) is 3.07. The average Bonchev–Trinajstić information content (AvgIpc) is 3.07. The molecule has 3 N–H and O–H groups in total. The molecule has 8 nitrogen and oxygen atoms in total. The molecule has 3 aromatic rings. The van der Waals surface area contributed by atoms with Crippen LogP contribution in [0.5, 0.6) is 0 Å². The normalized spacial score (nSPS) is 11.7. The molecule has 29 heavy (non-hydrogen) atoms. The minimum atomic E-state index is -0.464. The minimum Gasteiger partial charge on any atom is -0.348 e. The second-order valence-corrected chi connectivity index (χ2v) is 6.74. The lowest BCUT2D eigenvalue weighted by Gasteiger charge is -2.09. The van der Waals surface area contributed by atoms with E-state index in [1.54, 1.807) is 53.1 Å². The number of hydrogen-bond acceptors (Lipinski definition) is 4. The van der Waals surface area contributed by atoms with Crippen LogP contribution in [0.2, 0.25) is 0 Å². The lowest BCUT2D eigenvalue weighted by Crippen LogP contribution is -2.32. The van der Waals surface area contributed by atoms with Gasteiger partial charge in [-0.3, -0.25) is 18.8 Å². The Balaban J connectivity index is 1.90. The molecular weight excluding hydrogens is 370 g/mol. The number of hydrogen-bond donors (Lipinski definition) is 3. The summed E-state index contributed by atoms with van der Waals surface area (Å²) in [6.07, 6.45) is 2.47. The largest absolute Gasteiger partial charge is 0.348 e. The summed E-state index contributed by atoms with van der Waals surface area (Å²) in [6, 6.07) is 12.1. The molecule has 3 amide bonds. The molecule has 0 aliphatic rings. The first-order valence-corrected chi connectivity index (χ1v) is 9.36. The van der Waals surface area contributed by atoms with E-state index >= 15 is 0 Å². The van der Waals surface area contributed by atoms with E-state index < -0.39 is 5.91 Å². The van der Waals surface area contributed by atoms with Crippen LogP contribution in [0.25, 0.3) is 5.52 Å². The van der Waals surface area contributed by atoms with Gasteiger partial charge in [0.15, 0.2) is 5.69 Å². The zero-order chi connectivity index (χ0) is 21.0. The van der Waals surface area contributed by atoms with Gasteiger partial charge in [0.1, 0.15) is 0 Å². The highest BCUT2D eigenvalue weighted by Crippen LogP contribution is 2.18. The van der Waals surface area contributed by atoms with Crippen LogP contribution in [-0.4, -0.2) is 33.1 Å². The molecule has 150 valence electrons. The van der Waals surface area contributed by atoms with Crippen molar-refractivity contribution in [3.8, 4) is 0 Å². The molecule has 1 aromatic carbocycles. The number of nitrogens with zero attached hydrogens (tertiary/aromatic N) is 2. The van der Waals surface area contributed by atoms with Gasteiger partial charge in [-0.2, -0.15) is 0 Å². The van der Waals surface area contributed by atoms with Crippen molar-refractivity contribution >= 4 is 34.6 Å². The Morgan fingerprint density at radius 1 is 1.03 bits per heavy atom. The van der Waals surface area contributed by atoms with E-state index in [9.17, 15) is 14.4 Å². The van der Waals surface area contributed by atoms with Gasteiger partial charge < -0.3 is 16.0 Å². The summed E-state index contributed by atoms with van der Waals surface area (Å²) < 4.78 is 1.58. The first kappa shape index (κ1) is 20.1.